The number of nitrogens with zero attached hydrogens (tertiary/aromatic N) is 1. The lowest BCUT2D eigenvalue weighted by Crippen LogP contribution is -2.49. The molecule has 1 aliphatic heterocycles. The molecule has 2 aliphatic rings. The van der Waals surface area contributed by atoms with Gasteiger partial charge in [-0.2, -0.15) is 0 Å². The van der Waals surface area contributed by atoms with Crippen molar-refractivity contribution < 1.29 is 14.3 Å². The van der Waals surface area contributed by atoms with Crippen molar-refractivity contribution in [2.45, 2.75) is 25.7 Å². The smallest absolute Gasteiger partial charge is 0.308 e. The predicted octanol–water partition coefficient (Wildman–Crippen LogP) is 0.398. The number of carbonyl (C=O) groups excluding carboxylic acids is 2. The maximum Gasteiger partial charge on any atom is 0.308 e. The lowest BCUT2D eigenvalue weighted by atomic mass is 9.81. The summed E-state index contributed by atoms with van der Waals surface area (Å²) in [5.41, 5.74) is 0. The summed E-state index contributed by atoms with van der Waals surface area (Å²) in [7, 11) is 1.45. The van der Waals surface area contributed by atoms with Crippen molar-refractivity contribution in [1.29, 1.82) is 0 Å². The van der Waals surface area contributed by atoms with E-state index < -0.39 is 0 Å². The van der Waals surface area contributed by atoms with Crippen LogP contribution in [0.15, 0.2) is 0 Å². The minimum absolute atomic E-state index is 0.0741. The highest BCUT2D eigenvalue weighted by Gasteiger charge is 2.29. The molecule has 5 heteroatoms. The minimum atomic E-state index is -0.0771. The number of piperazine rings is 1. The molecular weight excluding hydrogens is 232 g/mol. The van der Waals surface area contributed by atoms with Crippen molar-refractivity contribution >= 4 is 11.9 Å². The van der Waals surface area contributed by atoms with Crippen molar-refractivity contribution in [2.24, 2.45) is 11.8 Å². The van der Waals surface area contributed by atoms with Gasteiger partial charge < -0.3 is 15.0 Å². The Morgan fingerprint density at radius 1 is 1.39 bits per heavy atom. The van der Waals surface area contributed by atoms with Crippen LogP contribution in [0.2, 0.25) is 0 Å². The number of hydrogen-bond acceptors (Lipinski definition) is 4. The molecule has 2 rings (SSSR count). The van der Waals surface area contributed by atoms with Gasteiger partial charge in [-0.25, -0.2) is 0 Å². The van der Waals surface area contributed by atoms with Crippen LogP contribution in [0.25, 0.3) is 0 Å². The molecule has 1 N–H and O–H groups in total. The van der Waals surface area contributed by atoms with Crippen molar-refractivity contribution in [2.75, 3.05) is 33.3 Å². The summed E-state index contributed by atoms with van der Waals surface area (Å²) in [5.74, 6) is 0.751. The van der Waals surface area contributed by atoms with E-state index in [-0.39, 0.29) is 17.8 Å². The molecule has 0 unspecified atom stereocenters. The van der Waals surface area contributed by atoms with Crippen molar-refractivity contribution in [3.05, 3.63) is 0 Å². The molecule has 5 nitrogen and oxygen atoms in total. The van der Waals surface area contributed by atoms with Gasteiger partial charge in [-0.05, 0) is 31.6 Å². The molecule has 0 aromatic carbocycles. The first-order valence-corrected chi connectivity index (χ1v) is 6.77. The minimum Gasteiger partial charge on any atom is -0.469 e. The SMILES string of the molecule is COC(=O)C1CCC(CN2CCNCC2=O)CC1. The lowest BCUT2D eigenvalue weighted by Gasteiger charge is -2.34. The van der Waals surface area contributed by atoms with E-state index >= 15 is 0 Å². The standard InChI is InChI=1S/C13H22N2O3/c1-18-13(17)11-4-2-10(3-5-11)9-15-7-6-14-8-12(15)16/h10-11,14H,2-9H2,1H3. The fourth-order valence-electron chi connectivity index (χ4n) is 2.90. The van der Waals surface area contributed by atoms with E-state index in [9.17, 15) is 9.59 Å². The summed E-state index contributed by atoms with van der Waals surface area (Å²) in [5, 5.41) is 3.08. The van der Waals surface area contributed by atoms with Crippen molar-refractivity contribution in [1.82, 2.24) is 10.2 Å². The van der Waals surface area contributed by atoms with Gasteiger partial charge in [0.1, 0.15) is 0 Å². The van der Waals surface area contributed by atoms with Gasteiger partial charge in [-0.1, -0.05) is 0 Å². The number of methoxy groups -OCH3 is 1. The summed E-state index contributed by atoms with van der Waals surface area (Å²) in [6.45, 7) is 3.03. The van der Waals surface area contributed by atoms with Gasteiger partial charge in [0.2, 0.25) is 5.91 Å². The first-order valence-electron chi connectivity index (χ1n) is 6.77. The zero-order valence-corrected chi connectivity index (χ0v) is 11.0. The Morgan fingerprint density at radius 3 is 2.72 bits per heavy atom. The van der Waals surface area contributed by atoms with Crippen LogP contribution in [-0.4, -0.2) is 50.1 Å². The van der Waals surface area contributed by atoms with E-state index in [1.807, 2.05) is 4.90 Å². The molecule has 0 spiro atoms. The third-order valence-electron chi connectivity index (χ3n) is 4.05. The summed E-state index contributed by atoms with van der Waals surface area (Å²) in [4.78, 5) is 25.1. The Kier molecular flexibility index (Phi) is 4.58. The van der Waals surface area contributed by atoms with Crippen LogP contribution in [0.1, 0.15) is 25.7 Å². The number of ether oxygens (including phenoxy) is 1. The molecule has 1 saturated heterocycles. The van der Waals surface area contributed by atoms with E-state index in [1.54, 1.807) is 0 Å². The summed E-state index contributed by atoms with van der Waals surface area (Å²) in [6, 6.07) is 0. The molecule has 102 valence electrons. The second-order valence-electron chi connectivity index (χ2n) is 5.26. The fraction of sp³-hybridized carbons (Fsp3) is 0.846. The molecule has 2 fully saturated rings. The van der Waals surface area contributed by atoms with Gasteiger partial charge in [0.05, 0.1) is 19.6 Å². The Morgan fingerprint density at radius 2 is 2.11 bits per heavy atom. The Hall–Kier alpha value is -1.10. The number of esters is 1. The summed E-state index contributed by atoms with van der Waals surface area (Å²) < 4.78 is 4.78. The van der Waals surface area contributed by atoms with E-state index in [1.165, 1.54) is 7.11 Å². The lowest BCUT2D eigenvalue weighted by molar-refractivity contribution is -0.147. The quantitative estimate of drug-likeness (QED) is 0.741. The van der Waals surface area contributed by atoms with Gasteiger partial charge in [-0.3, -0.25) is 9.59 Å². The maximum absolute atomic E-state index is 11.7. The van der Waals surface area contributed by atoms with Crippen LogP contribution in [-0.2, 0) is 14.3 Å². The molecule has 0 radical (unpaired) electrons. The Labute approximate surface area is 108 Å². The largest absolute Gasteiger partial charge is 0.469 e. The van der Waals surface area contributed by atoms with Gasteiger partial charge in [0.25, 0.3) is 0 Å². The number of amides is 1. The number of carbonyl (C=O) groups is 2. The van der Waals surface area contributed by atoms with Crippen LogP contribution in [0.3, 0.4) is 0 Å². The Bertz CT molecular complexity index is 311. The molecule has 0 aromatic rings. The monoisotopic (exact) mass is 254 g/mol. The van der Waals surface area contributed by atoms with Crippen LogP contribution in [0.4, 0.5) is 0 Å². The van der Waals surface area contributed by atoms with E-state index in [0.717, 1.165) is 45.3 Å². The van der Waals surface area contributed by atoms with Crippen LogP contribution in [0, 0.1) is 11.8 Å². The molecule has 0 bridgehead atoms. The zero-order valence-electron chi connectivity index (χ0n) is 11.0. The predicted molar refractivity (Wildman–Crippen MR) is 66.9 cm³/mol. The highest BCUT2D eigenvalue weighted by molar-refractivity contribution is 5.79. The number of rotatable bonds is 3. The van der Waals surface area contributed by atoms with Crippen molar-refractivity contribution in [3.63, 3.8) is 0 Å². The highest BCUT2D eigenvalue weighted by Crippen LogP contribution is 2.30. The normalized spacial score (nSPS) is 29.2. The van der Waals surface area contributed by atoms with E-state index in [2.05, 4.69) is 5.32 Å². The molecule has 0 atom stereocenters. The fourth-order valence-corrected chi connectivity index (χ4v) is 2.90. The zero-order chi connectivity index (χ0) is 13.0. The number of hydrogen-bond donors (Lipinski definition) is 1. The highest BCUT2D eigenvalue weighted by atomic mass is 16.5. The average molecular weight is 254 g/mol. The second kappa shape index (κ2) is 6.18. The van der Waals surface area contributed by atoms with Crippen molar-refractivity contribution in [3.8, 4) is 0 Å². The third-order valence-corrected chi connectivity index (χ3v) is 4.05. The third kappa shape index (κ3) is 3.22. The average Bonchev–Trinajstić information content (AvgIpc) is 2.41. The molecule has 1 saturated carbocycles. The van der Waals surface area contributed by atoms with Crippen LogP contribution >= 0.6 is 0 Å². The molecule has 1 heterocycles. The van der Waals surface area contributed by atoms with Gasteiger partial charge in [0, 0.05) is 19.6 Å². The molecule has 0 aromatic heterocycles. The van der Waals surface area contributed by atoms with Gasteiger partial charge in [0.15, 0.2) is 0 Å². The number of nitrogens with one attached hydrogen (secondary N) is 1. The van der Waals surface area contributed by atoms with Crippen LogP contribution in [0.5, 0.6) is 0 Å². The first-order chi connectivity index (χ1) is 8.70. The first kappa shape index (κ1) is 13.3. The molecule has 1 amide bonds. The van der Waals surface area contributed by atoms with Gasteiger partial charge in [-0.15, -0.1) is 0 Å². The summed E-state index contributed by atoms with van der Waals surface area (Å²) in [6.07, 6.45) is 3.85. The van der Waals surface area contributed by atoms with E-state index in [4.69, 9.17) is 4.74 Å². The van der Waals surface area contributed by atoms with E-state index in [0.29, 0.717) is 12.5 Å². The molecule has 18 heavy (non-hydrogen) atoms. The summed E-state index contributed by atoms with van der Waals surface area (Å²) >= 11 is 0. The molecule has 1 aliphatic carbocycles. The molecular formula is C13H22N2O3. The Balaban J connectivity index is 1.76. The maximum atomic E-state index is 11.7. The second-order valence-corrected chi connectivity index (χ2v) is 5.26. The van der Waals surface area contributed by atoms with Crippen LogP contribution < -0.4 is 5.32 Å². The van der Waals surface area contributed by atoms with Gasteiger partial charge >= 0.3 is 5.97 Å². The topological polar surface area (TPSA) is 58.6 Å².